The molecule has 0 amide bonds. The standard InChI is InChI=1S/C12H26N2/c1-12(2,3)14(5)10-11-7-6-8-13(4)9-11/h11H,6-10H2,1-5H3. The van der Waals surface area contributed by atoms with Crippen molar-refractivity contribution in [3.8, 4) is 0 Å². The minimum absolute atomic E-state index is 0.315. The van der Waals surface area contributed by atoms with Gasteiger partial charge in [-0.2, -0.15) is 0 Å². The van der Waals surface area contributed by atoms with Gasteiger partial charge in [0.2, 0.25) is 0 Å². The minimum atomic E-state index is 0.315. The molecule has 1 fully saturated rings. The largest absolute Gasteiger partial charge is 0.306 e. The number of likely N-dealkylation sites (tertiary alicyclic amines) is 1. The Labute approximate surface area is 89.3 Å². The molecular formula is C12H26N2. The second-order valence-corrected chi connectivity index (χ2v) is 5.82. The molecular weight excluding hydrogens is 172 g/mol. The molecule has 1 rings (SSSR count). The van der Waals surface area contributed by atoms with Crippen LogP contribution in [0.4, 0.5) is 0 Å². The van der Waals surface area contributed by atoms with Crippen LogP contribution in [0, 0.1) is 5.92 Å². The highest BCUT2D eigenvalue weighted by Gasteiger charge is 2.23. The average Bonchev–Trinajstić information content (AvgIpc) is 2.02. The molecule has 0 aromatic carbocycles. The van der Waals surface area contributed by atoms with Crippen molar-refractivity contribution in [1.82, 2.24) is 9.80 Å². The summed E-state index contributed by atoms with van der Waals surface area (Å²) in [5.74, 6) is 0.873. The normalized spacial score (nSPS) is 25.7. The van der Waals surface area contributed by atoms with E-state index < -0.39 is 0 Å². The number of nitrogens with zero attached hydrogens (tertiary/aromatic N) is 2. The van der Waals surface area contributed by atoms with Crippen LogP contribution in [0.2, 0.25) is 0 Å². The Balaban J connectivity index is 2.36. The highest BCUT2D eigenvalue weighted by atomic mass is 15.2. The van der Waals surface area contributed by atoms with Gasteiger partial charge in [-0.3, -0.25) is 0 Å². The van der Waals surface area contributed by atoms with Crippen molar-refractivity contribution >= 4 is 0 Å². The monoisotopic (exact) mass is 198 g/mol. The van der Waals surface area contributed by atoms with Gasteiger partial charge in [-0.25, -0.2) is 0 Å². The number of hydrogen-bond donors (Lipinski definition) is 0. The van der Waals surface area contributed by atoms with Crippen LogP contribution in [-0.2, 0) is 0 Å². The van der Waals surface area contributed by atoms with Gasteiger partial charge in [0.25, 0.3) is 0 Å². The number of rotatable bonds is 2. The van der Waals surface area contributed by atoms with Crippen molar-refractivity contribution in [3.63, 3.8) is 0 Å². The molecule has 1 heterocycles. The van der Waals surface area contributed by atoms with Crippen LogP contribution in [0.3, 0.4) is 0 Å². The van der Waals surface area contributed by atoms with Gasteiger partial charge in [-0.15, -0.1) is 0 Å². The molecule has 0 aromatic rings. The summed E-state index contributed by atoms with van der Waals surface area (Å²) in [5.41, 5.74) is 0.315. The SMILES string of the molecule is CN1CCCC(CN(C)C(C)(C)C)C1. The highest BCUT2D eigenvalue weighted by Crippen LogP contribution is 2.19. The summed E-state index contributed by atoms with van der Waals surface area (Å²) in [6.07, 6.45) is 2.78. The van der Waals surface area contributed by atoms with Crippen LogP contribution >= 0.6 is 0 Å². The quantitative estimate of drug-likeness (QED) is 0.670. The molecule has 1 aliphatic rings. The van der Waals surface area contributed by atoms with Crippen molar-refractivity contribution in [2.45, 2.75) is 39.2 Å². The van der Waals surface area contributed by atoms with Gasteiger partial charge in [0, 0.05) is 18.6 Å². The third-order valence-corrected chi connectivity index (χ3v) is 3.40. The summed E-state index contributed by atoms with van der Waals surface area (Å²) >= 11 is 0. The van der Waals surface area contributed by atoms with Crippen molar-refractivity contribution < 1.29 is 0 Å². The van der Waals surface area contributed by atoms with Gasteiger partial charge in [0.05, 0.1) is 0 Å². The van der Waals surface area contributed by atoms with Crippen LogP contribution in [0.25, 0.3) is 0 Å². The van der Waals surface area contributed by atoms with E-state index in [-0.39, 0.29) is 0 Å². The molecule has 2 heteroatoms. The average molecular weight is 198 g/mol. The van der Waals surface area contributed by atoms with E-state index in [1.807, 2.05) is 0 Å². The topological polar surface area (TPSA) is 6.48 Å². The van der Waals surface area contributed by atoms with Gasteiger partial charge >= 0.3 is 0 Å². The van der Waals surface area contributed by atoms with Crippen LogP contribution in [0.1, 0.15) is 33.6 Å². The van der Waals surface area contributed by atoms with Crippen molar-refractivity contribution in [2.75, 3.05) is 33.7 Å². The Hall–Kier alpha value is -0.0800. The summed E-state index contributed by atoms with van der Waals surface area (Å²) in [4.78, 5) is 4.95. The zero-order valence-electron chi connectivity index (χ0n) is 10.5. The van der Waals surface area contributed by atoms with E-state index >= 15 is 0 Å². The van der Waals surface area contributed by atoms with Gasteiger partial charge < -0.3 is 9.80 Å². The van der Waals surface area contributed by atoms with Crippen molar-refractivity contribution in [3.05, 3.63) is 0 Å². The van der Waals surface area contributed by atoms with E-state index in [9.17, 15) is 0 Å². The lowest BCUT2D eigenvalue weighted by Gasteiger charge is -2.38. The maximum atomic E-state index is 2.48. The zero-order chi connectivity index (χ0) is 10.8. The van der Waals surface area contributed by atoms with E-state index in [2.05, 4.69) is 44.7 Å². The van der Waals surface area contributed by atoms with E-state index in [0.29, 0.717) is 5.54 Å². The summed E-state index contributed by atoms with van der Waals surface area (Å²) < 4.78 is 0. The Bertz CT molecular complexity index is 172. The van der Waals surface area contributed by atoms with Crippen LogP contribution in [-0.4, -0.2) is 49.1 Å². The fourth-order valence-electron chi connectivity index (χ4n) is 2.08. The predicted molar refractivity (Wildman–Crippen MR) is 62.6 cm³/mol. The van der Waals surface area contributed by atoms with Crippen LogP contribution in [0.5, 0.6) is 0 Å². The molecule has 0 radical (unpaired) electrons. The van der Waals surface area contributed by atoms with Gasteiger partial charge in [0.1, 0.15) is 0 Å². The smallest absolute Gasteiger partial charge is 0.0122 e. The first-order chi connectivity index (χ1) is 6.39. The molecule has 0 aromatic heterocycles. The number of hydrogen-bond acceptors (Lipinski definition) is 2. The maximum Gasteiger partial charge on any atom is 0.0122 e. The maximum absolute atomic E-state index is 2.48. The van der Waals surface area contributed by atoms with Crippen molar-refractivity contribution in [1.29, 1.82) is 0 Å². The van der Waals surface area contributed by atoms with Gasteiger partial charge in [-0.1, -0.05) is 0 Å². The lowest BCUT2D eigenvalue weighted by molar-refractivity contribution is 0.110. The van der Waals surface area contributed by atoms with Gasteiger partial charge in [0.15, 0.2) is 0 Å². The minimum Gasteiger partial charge on any atom is -0.306 e. The molecule has 0 saturated carbocycles. The lowest BCUT2D eigenvalue weighted by Crippen LogP contribution is -2.44. The predicted octanol–water partition coefficient (Wildman–Crippen LogP) is 2.06. The highest BCUT2D eigenvalue weighted by molar-refractivity contribution is 4.78. The summed E-state index contributed by atoms with van der Waals surface area (Å²) in [7, 11) is 4.48. The first-order valence-electron chi connectivity index (χ1n) is 5.79. The molecule has 84 valence electrons. The first-order valence-corrected chi connectivity index (χ1v) is 5.79. The fraction of sp³-hybridized carbons (Fsp3) is 1.00. The second kappa shape index (κ2) is 4.63. The van der Waals surface area contributed by atoms with Crippen LogP contribution in [0.15, 0.2) is 0 Å². The zero-order valence-corrected chi connectivity index (χ0v) is 10.5. The summed E-state index contributed by atoms with van der Waals surface area (Å²) in [6.45, 7) is 10.7. The molecule has 0 aliphatic carbocycles. The molecule has 0 spiro atoms. The molecule has 2 nitrogen and oxygen atoms in total. The fourth-order valence-corrected chi connectivity index (χ4v) is 2.08. The van der Waals surface area contributed by atoms with Gasteiger partial charge in [-0.05, 0) is 60.2 Å². The Morgan fingerprint density at radius 3 is 2.50 bits per heavy atom. The molecule has 1 aliphatic heterocycles. The third-order valence-electron chi connectivity index (χ3n) is 3.40. The van der Waals surface area contributed by atoms with Crippen molar-refractivity contribution in [2.24, 2.45) is 5.92 Å². The first kappa shape index (κ1) is 12.0. The number of piperidine rings is 1. The molecule has 1 saturated heterocycles. The summed E-state index contributed by atoms with van der Waals surface area (Å²) in [5, 5.41) is 0. The Kier molecular flexibility index (Phi) is 3.96. The Morgan fingerprint density at radius 1 is 1.36 bits per heavy atom. The van der Waals surface area contributed by atoms with E-state index in [1.165, 1.54) is 32.5 Å². The lowest BCUT2D eigenvalue weighted by atomic mass is 9.96. The second-order valence-electron chi connectivity index (χ2n) is 5.82. The molecule has 0 bridgehead atoms. The third kappa shape index (κ3) is 3.58. The molecule has 0 N–H and O–H groups in total. The molecule has 1 atom stereocenters. The van der Waals surface area contributed by atoms with Crippen LogP contribution < -0.4 is 0 Å². The molecule has 1 unspecified atom stereocenters. The summed E-state index contributed by atoms with van der Waals surface area (Å²) in [6, 6.07) is 0. The van der Waals surface area contributed by atoms with E-state index in [0.717, 1.165) is 5.92 Å². The van der Waals surface area contributed by atoms with E-state index in [1.54, 1.807) is 0 Å². The molecule has 14 heavy (non-hydrogen) atoms. The van der Waals surface area contributed by atoms with E-state index in [4.69, 9.17) is 0 Å². The Morgan fingerprint density at radius 2 is 2.00 bits per heavy atom.